The molecule has 0 saturated heterocycles. The molecule has 2 nitrogen and oxygen atoms in total. The summed E-state index contributed by atoms with van der Waals surface area (Å²) in [6, 6.07) is 0. The van der Waals surface area contributed by atoms with E-state index < -0.39 is 0 Å². The topological polar surface area (TPSA) is 17.8 Å². The smallest absolute Gasteiger partial charge is 0.0948 e. The Balaban J connectivity index is 2.30. The van der Waals surface area contributed by atoms with Crippen LogP contribution in [0.25, 0.3) is 0 Å². The Morgan fingerprint density at radius 2 is 2.60 bits per heavy atom. The average molecular weight is 136 g/mol. The Morgan fingerprint density at radius 3 is 3.50 bits per heavy atom. The second kappa shape index (κ2) is 2.11. The molecule has 2 rings (SSSR count). The van der Waals surface area contributed by atoms with Crippen molar-refractivity contribution in [2.24, 2.45) is 5.92 Å². The molecule has 0 aromatic carbocycles. The van der Waals surface area contributed by atoms with E-state index in [4.69, 9.17) is 0 Å². The lowest BCUT2D eigenvalue weighted by Crippen LogP contribution is -2.15. The summed E-state index contributed by atoms with van der Waals surface area (Å²) in [5.41, 5.74) is 1.40. The molecule has 0 radical (unpaired) electrons. The summed E-state index contributed by atoms with van der Waals surface area (Å²) in [4.78, 5) is 4.10. The predicted octanol–water partition coefficient (Wildman–Crippen LogP) is 1.47. The van der Waals surface area contributed by atoms with Gasteiger partial charge in [0.1, 0.15) is 0 Å². The van der Waals surface area contributed by atoms with Crippen LogP contribution in [0, 0.1) is 5.92 Å². The van der Waals surface area contributed by atoms with E-state index in [-0.39, 0.29) is 0 Å². The second-order valence-electron chi connectivity index (χ2n) is 3.18. The minimum atomic E-state index is 0.851. The number of nitrogens with zero attached hydrogens (tertiary/aromatic N) is 2. The van der Waals surface area contributed by atoms with E-state index in [1.165, 1.54) is 18.5 Å². The van der Waals surface area contributed by atoms with Crippen LogP contribution >= 0.6 is 0 Å². The summed E-state index contributed by atoms with van der Waals surface area (Å²) in [6.45, 7) is 3.47. The average Bonchev–Trinajstić information content (AvgIpc) is 2.33. The fourth-order valence-corrected chi connectivity index (χ4v) is 1.54. The monoisotopic (exact) mass is 136 g/mol. The van der Waals surface area contributed by atoms with Crippen molar-refractivity contribution < 1.29 is 0 Å². The molecular weight excluding hydrogens is 124 g/mol. The first-order chi connectivity index (χ1) is 4.86. The first kappa shape index (κ1) is 5.96. The molecule has 1 aromatic heterocycles. The minimum Gasteiger partial charge on any atom is -0.335 e. The molecule has 1 aliphatic heterocycles. The molecule has 2 heteroatoms. The third-order valence-corrected chi connectivity index (χ3v) is 2.22. The number of imidazole rings is 1. The van der Waals surface area contributed by atoms with Crippen LogP contribution in [0.15, 0.2) is 12.5 Å². The molecule has 54 valence electrons. The Hall–Kier alpha value is -0.790. The number of rotatable bonds is 0. The molecule has 0 bridgehead atoms. The number of fused-ring (bicyclic) bond motifs is 1. The van der Waals surface area contributed by atoms with Crippen molar-refractivity contribution in [2.45, 2.75) is 26.3 Å². The molecule has 2 heterocycles. The van der Waals surface area contributed by atoms with E-state index in [9.17, 15) is 0 Å². The maximum atomic E-state index is 4.10. The van der Waals surface area contributed by atoms with Gasteiger partial charge >= 0.3 is 0 Å². The van der Waals surface area contributed by atoms with E-state index in [1.54, 1.807) is 0 Å². The highest BCUT2D eigenvalue weighted by Crippen LogP contribution is 2.18. The van der Waals surface area contributed by atoms with Crippen molar-refractivity contribution in [1.29, 1.82) is 0 Å². The zero-order chi connectivity index (χ0) is 6.97. The van der Waals surface area contributed by atoms with Gasteiger partial charge in [-0.15, -0.1) is 0 Å². The van der Waals surface area contributed by atoms with Gasteiger partial charge in [0, 0.05) is 18.4 Å². The van der Waals surface area contributed by atoms with E-state index in [2.05, 4.69) is 16.5 Å². The Labute approximate surface area is 60.9 Å². The highest BCUT2D eigenvalue weighted by atomic mass is 15.0. The largest absolute Gasteiger partial charge is 0.335 e. The standard InChI is InChI=1S/C8H12N2/c1-7-2-3-10-6-9-5-8(10)4-7/h5-7H,2-4H2,1H3. The highest BCUT2D eigenvalue weighted by Gasteiger charge is 2.13. The molecule has 0 spiro atoms. The normalized spacial score (nSPS) is 24.3. The van der Waals surface area contributed by atoms with E-state index in [1.807, 2.05) is 12.5 Å². The van der Waals surface area contributed by atoms with Crippen LogP contribution in [-0.4, -0.2) is 9.55 Å². The zero-order valence-corrected chi connectivity index (χ0v) is 6.25. The third-order valence-electron chi connectivity index (χ3n) is 2.22. The summed E-state index contributed by atoms with van der Waals surface area (Å²) < 4.78 is 2.25. The van der Waals surface area contributed by atoms with Crippen molar-refractivity contribution in [1.82, 2.24) is 9.55 Å². The summed E-state index contributed by atoms with van der Waals surface area (Å²) in [5, 5.41) is 0. The molecule has 1 aliphatic rings. The summed E-state index contributed by atoms with van der Waals surface area (Å²) in [6.07, 6.45) is 6.43. The van der Waals surface area contributed by atoms with Gasteiger partial charge in [0.05, 0.1) is 6.33 Å². The molecule has 1 atom stereocenters. The van der Waals surface area contributed by atoms with Crippen molar-refractivity contribution in [2.75, 3.05) is 0 Å². The highest BCUT2D eigenvalue weighted by molar-refractivity contribution is 5.01. The number of hydrogen-bond acceptors (Lipinski definition) is 1. The summed E-state index contributed by atoms with van der Waals surface area (Å²) in [5.74, 6) is 0.851. The fourth-order valence-electron chi connectivity index (χ4n) is 1.54. The van der Waals surface area contributed by atoms with Gasteiger partial charge in [0.2, 0.25) is 0 Å². The van der Waals surface area contributed by atoms with Gasteiger partial charge in [-0.3, -0.25) is 0 Å². The molecule has 10 heavy (non-hydrogen) atoms. The predicted molar refractivity (Wildman–Crippen MR) is 39.7 cm³/mol. The number of hydrogen-bond donors (Lipinski definition) is 0. The van der Waals surface area contributed by atoms with Gasteiger partial charge in [-0.1, -0.05) is 6.92 Å². The zero-order valence-electron chi connectivity index (χ0n) is 6.25. The molecule has 0 aliphatic carbocycles. The van der Waals surface area contributed by atoms with E-state index in [0.717, 1.165) is 12.5 Å². The van der Waals surface area contributed by atoms with Crippen LogP contribution in [0.3, 0.4) is 0 Å². The van der Waals surface area contributed by atoms with Crippen LogP contribution in [0.2, 0.25) is 0 Å². The van der Waals surface area contributed by atoms with Crippen molar-refractivity contribution in [3.63, 3.8) is 0 Å². The van der Waals surface area contributed by atoms with Gasteiger partial charge in [0.25, 0.3) is 0 Å². The number of aryl methyl sites for hydroxylation is 1. The molecule has 1 aromatic rings. The van der Waals surface area contributed by atoms with Gasteiger partial charge in [-0.05, 0) is 18.8 Å². The number of aromatic nitrogens is 2. The van der Waals surface area contributed by atoms with Crippen molar-refractivity contribution in [3.05, 3.63) is 18.2 Å². The first-order valence-electron chi connectivity index (χ1n) is 3.85. The summed E-state index contributed by atoms with van der Waals surface area (Å²) in [7, 11) is 0. The Bertz CT molecular complexity index is 227. The molecule has 0 fully saturated rings. The second-order valence-corrected chi connectivity index (χ2v) is 3.18. The summed E-state index contributed by atoms with van der Waals surface area (Å²) >= 11 is 0. The van der Waals surface area contributed by atoms with Crippen LogP contribution in [-0.2, 0) is 13.0 Å². The molecular formula is C8H12N2. The first-order valence-corrected chi connectivity index (χ1v) is 3.85. The molecule has 0 saturated carbocycles. The van der Waals surface area contributed by atoms with Gasteiger partial charge in [-0.2, -0.15) is 0 Å². The Morgan fingerprint density at radius 1 is 1.70 bits per heavy atom. The van der Waals surface area contributed by atoms with E-state index >= 15 is 0 Å². The van der Waals surface area contributed by atoms with E-state index in [0.29, 0.717) is 0 Å². The lowest BCUT2D eigenvalue weighted by molar-refractivity contribution is 0.417. The molecule has 1 unspecified atom stereocenters. The van der Waals surface area contributed by atoms with Crippen molar-refractivity contribution in [3.8, 4) is 0 Å². The third kappa shape index (κ3) is 0.838. The fraction of sp³-hybridized carbons (Fsp3) is 0.625. The maximum absolute atomic E-state index is 4.10. The SMILES string of the molecule is CC1CCn2cncc2C1. The molecule has 0 amide bonds. The van der Waals surface area contributed by atoms with Gasteiger partial charge < -0.3 is 4.57 Å². The minimum absolute atomic E-state index is 0.851. The lowest BCUT2D eigenvalue weighted by atomic mass is 9.99. The van der Waals surface area contributed by atoms with Crippen LogP contribution in [0.4, 0.5) is 0 Å². The Kier molecular flexibility index (Phi) is 1.26. The van der Waals surface area contributed by atoms with Crippen LogP contribution in [0.1, 0.15) is 19.0 Å². The van der Waals surface area contributed by atoms with Crippen LogP contribution < -0.4 is 0 Å². The van der Waals surface area contributed by atoms with Crippen LogP contribution in [0.5, 0.6) is 0 Å². The maximum Gasteiger partial charge on any atom is 0.0948 e. The lowest BCUT2D eigenvalue weighted by Gasteiger charge is -2.19. The quantitative estimate of drug-likeness (QED) is 0.528. The van der Waals surface area contributed by atoms with Gasteiger partial charge in [-0.25, -0.2) is 4.98 Å². The van der Waals surface area contributed by atoms with Gasteiger partial charge in [0.15, 0.2) is 0 Å². The molecule has 0 N–H and O–H groups in total. The van der Waals surface area contributed by atoms with Crippen molar-refractivity contribution >= 4 is 0 Å².